The zero-order valence-electron chi connectivity index (χ0n) is 24.9. The zero-order chi connectivity index (χ0) is 31.5. The summed E-state index contributed by atoms with van der Waals surface area (Å²) in [5.74, 6) is 0.0763. The highest BCUT2D eigenvalue weighted by atomic mass is 32.1. The van der Waals surface area contributed by atoms with Crippen LogP contribution in [0.4, 0.5) is 5.13 Å². The lowest BCUT2D eigenvalue weighted by molar-refractivity contribution is -0.132. The van der Waals surface area contributed by atoms with Gasteiger partial charge in [-0.25, -0.2) is 4.98 Å². The van der Waals surface area contributed by atoms with Crippen molar-refractivity contribution in [3.05, 3.63) is 113 Å². The van der Waals surface area contributed by atoms with Crippen molar-refractivity contribution in [3.8, 4) is 23.0 Å². The number of ether oxygens (including phenoxy) is 4. The lowest BCUT2D eigenvalue weighted by Crippen LogP contribution is -2.29. The molecule has 5 aromatic rings. The Morgan fingerprint density at radius 3 is 2.44 bits per heavy atom. The number of hydrogen-bond acceptors (Lipinski definition) is 9. The van der Waals surface area contributed by atoms with Gasteiger partial charge in [-0.15, -0.1) is 0 Å². The number of aromatic nitrogens is 1. The fourth-order valence-electron chi connectivity index (χ4n) is 5.23. The molecule has 1 unspecified atom stereocenters. The molecule has 1 aliphatic rings. The first kappa shape index (κ1) is 29.7. The Bertz CT molecular complexity index is 1920. The number of carbonyl (C=O) groups excluding carboxylic acids is 2. The third-order valence-electron chi connectivity index (χ3n) is 7.39. The predicted molar refractivity (Wildman–Crippen MR) is 172 cm³/mol. The third kappa shape index (κ3) is 5.80. The van der Waals surface area contributed by atoms with E-state index in [0.717, 1.165) is 10.3 Å². The van der Waals surface area contributed by atoms with Gasteiger partial charge in [0.25, 0.3) is 5.78 Å². The first-order valence-electron chi connectivity index (χ1n) is 14.2. The lowest BCUT2D eigenvalue weighted by atomic mass is 9.95. The van der Waals surface area contributed by atoms with E-state index in [1.54, 1.807) is 42.5 Å². The summed E-state index contributed by atoms with van der Waals surface area (Å²) in [6, 6.07) is 26.1. The number of anilines is 1. The second-order valence-corrected chi connectivity index (χ2v) is 11.2. The summed E-state index contributed by atoms with van der Waals surface area (Å²) < 4.78 is 23.5. The topological polar surface area (TPSA) is 107 Å². The third-order valence-corrected chi connectivity index (χ3v) is 8.41. The molecular formula is C35H30N2O7S. The predicted octanol–water partition coefficient (Wildman–Crippen LogP) is 6.92. The molecule has 1 aromatic heterocycles. The smallest absolute Gasteiger partial charge is 0.301 e. The van der Waals surface area contributed by atoms with Gasteiger partial charge in [0.05, 0.1) is 42.7 Å². The molecule has 9 nitrogen and oxygen atoms in total. The minimum Gasteiger partial charge on any atom is -0.507 e. The molecule has 4 aromatic carbocycles. The Hall–Kier alpha value is -5.35. The van der Waals surface area contributed by atoms with Gasteiger partial charge in [-0.05, 0) is 60.5 Å². The van der Waals surface area contributed by atoms with Gasteiger partial charge in [-0.1, -0.05) is 59.9 Å². The van der Waals surface area contributed by atoms with Gasteiger partial charge in [-0.2, -0.15) is 0 Å². The number of fused-ring (bicyclic) bond motifs is 1. The number of amides is 1. The van der Waals surface area contributed by atoms with Crippen molar-refractivity contribution < 1.29 is 33.6 Å². The molecule has 1 aliphatic heterocycles. The Morgan fingerprint density at radius 1 is 0.867 bits per heavy atom. The SMILES string of the molecule is CCOc1ccc2nc(N3C(=O)C(=O)/C(=C(/O)c4cccc(OC)c4)C3c3ccc(OCc4ccccc4)c(OC)c3)sc2c1. The normalized spacial score (nSPS) is 15.8. The van der Waals surface area contributed by atoms with E-state index in [2.05, 4.69) is 0 Å². The van der Waals surface area contributed by atoms with Crippen LogP contribution in [-0.2, 0) is 16.2 Å². The van der Waals surface area contributed by atoms with E-state index in [4.69, 9.17) is 23.9 Å². The maximum absolute atomic E-state index is 13.8. The Kier molecular flexibility index (Phi) is 8.39. The Balaban J connectivity index is 1.47. The van der Waals surface area contributed by atoms with Gasteiger partial charge in [-0.3, -0.25) is 14.5 Å². The van der Waals surface area contributed by atoms with Crippen LogP contribution in [0.2, 0.25) is 0 Å². The molecule has 6 rings (SSSR count). The highest BCUT2D eigenvalue weighted by molar-refractivity contribution is 7.22. The molecule has 0 radical (unpaired) electrons. The van der Waals surface area contributed by atoms with Gasteiger partial charge in [0, 0.05) is 5.56 Å². The largest absolute Gasteiger partial charge is 0.507 e. The van der Waals surface area contributed by atoms with Crippen molar-refractivity contribution >= 4 is 44.1 Å². The summed E-state index contributed by atoms with van der Waals surface area (Å²) >= 11 is 1.25. The van der Waals surface area contributed by atoms with E-state index in [1.807, 2.05) is 55.5 Å². The lowest BCUT2D eigenvalue weighted by Gasteiger charge is -2.24. The first-order chi connectivity index (χ1) is 21.9. The summed E-state index contributed by atoms with van der Waals surface area (Å²) in [5.41, 5.74) is 2.41. The number of aliphatic hydroxyl groups excluding tert-OH is 1. The van der Waals surface area contributed by atoms with Crippen LogP contribution in [0.15, 0.2) is 96.6 Å². The Morgan fingerprint density at radius 2 is 1.69 bits per heavy atom. The molecule has 1 N–H and O–H groups in total. The number of Topliss-reactive ketones (excluding diaryl/α,β-unsaturated/α-hetero) is 1. The van der Waals surface area contributed by atoms with Crippen molar-refractivity contribution in [2.24, 2.45) is 0 Å². The molecule has 0 aliphatic carbocycles. The van der Waals surface area contributed by atoms with Crippen molar-refractivity contribution in [2.75, 3.05) is 25.7 Å². The van der Waals surface area contributed by atoms with Crippen LogP contribution < -0.4 is 23.8 Å². The summed E-state index contributed by atoms with van der Waals surface area (Å²) in [7, 11) is 3.03. The van der Waals surface area contributed by atoms with E-state index < -0.39 is 17.7 Å². The number of hydrogen-bond donors (Lipinski definition) is 1. The van der Waals surface area contributed by atoms with Crippen molar-refractivity contribution in [1.82, 2.24) is 4.98 Å². The molecule has 1 fully saturated rings. The highest BCUT2D eigenvalue weighted by Gasteiger charge is 2.48. The fourth-order valence-corrected chi connectivity index (χ4v) is 6.25. The van der Waals surface area contributed by atoms with Crippen LogP contribution >= 0.6 is 11.3 Å². The van der Waals surface area contributed by atoms with Crippen LogP contribution in [-0.4, -0.2) is 42.6 Å². The number of rotatable bonds is 10. The molecular weight excluding hydrogens is 592 g/mol. The van der Waals surface area contributed by atoms with Crippen LogP contribution in [0, 0.1) is 0 Å². The number of ketones is 1. The second-order valence-electron chi connectivity index (χ2n) is 10.1. The number of thiazole rings is 1. The van der Waals surface area contributed by atoms with E-state index in [9.17, 15) is 14.7 Å². The summed E-state index contributed by atoms with van der Waals surface area (Å²) in [6.07, 6.45) is 0. The van der Waals surface area contributed by atoms with Crippen LogP contribution in [0.3, 0.4) is 0 Å². The fraction of sp³-hybridized carbons (Fsp3) is 0.171. The van der Waals surface area contributed by atoms with Gasteiger partial charge in [0.1, 0.15) is 23.9 Å². The molecule has 228 valence electrons. The van der Waals surface area contributed by atoms with Gasteiger partial charge in [0.15, 0.2) is 16.6 Å². The molecule has 1 saturated heterocycles. The summed E-state index contributed by atoms with van der Waals surface area (Å²) in [5, 5.41) is 11.9. The highest BCUT2D eigenvalue weighted by Crippen LogP contribution is 2.46. The Labute approximate surface area is 263 Å². The van der Waals surface area contributed by atoms with Gasteiger partial charge in [0.2, 0.25) is 0 Å². The van der Waals surface area contributed by atoms with E-state index >= 15 is 0 Å². The van der Waals surface area contributed by atoms with Gasteiger partial charge >= 0.3 is 5.91 Å². The molecule has 0 saturated carbocycles. The van der Waals surface area contributed by atoms with Crippen LogP contribution in [0.5, 0.6) is 23.0 Å². The van der Waals surface area contributed by atoms with Crippen molar-refractivity contribution in [1.29, 1.82) is 0 Å². The first-order valence-corrected chi connectivity index (χ1v) is 15.1. The zero-order valence-corrected chi connectivity index (χ0v) is 25.7. The molecule has 2 heterocycles. The minimum absolute atomic E-state index is 0.0810. The van der Waals surface area contributed by atoms with Crippen molar-refractivity contribution in [2.45, 2.75) is 19.6 Å². The molecule has 10 heteroatoms. The number of benzene rings is 4. The molecule has 0 bridgehead atoms. The maximum Gasteiger partial charge on any atom is 0.301 e. The summed E-state index contributed by atoms with van der Waals surface area (Å²) in [6.45, 7) is 2.72. The van der Waals surface area contributed by atoms with Crippen molar-refractivity contribution in [3.63, 3.8) is 0 Å². The standard InChI is InChI=1S/C35H30N2O7S/c1-4-43-25-14-15-26-29(19-25)45-35(36-26)37-31(30(33(39)34(37)40)32(38)23-11-8-12-24(17-23)41-2)22-13-16-27(28(18-22)42-3)44-20-21-9-6-5-7-10-21/h5-19,31,38H,4,20H2,1-3H3/b32-30+. The second kappa shape index (κ2) is 12.7. The summed E-state index contributed by atoms with van der Waals surface area (Å²) in [4.78, 5) is 33.6. The quantitative estimate of drug-likeness (QED) is 0.102. The number of carbonyl (C=O) groups is 2. The number of aliphatic hydroxyl groups is 1. The average molecular weight is 623 g/mol. The maximum atomic E-state index is 13.8. The van der Waals surface area contributed by atoms with E-state index in [-0.39, 0.29) is 11.3 Å². The van der Waals surface area contributed by atoms with Gasteiger partial charge < -0.3 is 24.1 Å². The molecule has 1 amide bonds. The molecule has 1 atom stereocenters. The van der Waals surface area contributed by atoms with E-state index in [0.29, 0.717) is 58.0 Å². The number of methoxy groups -OCH3 is 2. The average Bonchev–Trinajstić information content (AvgIpc) is 3.61. The number of nitrogens with zero attached hydrogens (tertiary/aromatic N) is 2. The molecule has 45 heavy (non-hydrogen) atoms. The van der Waals surface area contributed by atoms with Crippen LogP contribution in [0.25, 0.3) is 16.0 Å². The minimum atomic E-state index is -1.01. The van der Waals surface area contributed by atoms with Crippen LogP contribution in [0.1, 0.15) is 29.7 Å². The molecule has 0 spiro atoms. The monoisotopic (exact) mass is 622 g/mol. The van der Waals surface area contributed by atoms with E-state index in [1.165, 1.54) is 30.5 Å².